The summed E-state index contributed by atoms with van der Waals surface area (Å²) >= 11 is 0. The molecule has 0 saturated carbocycles. The summed E-state index contributed by atoms with van der Waals surface area (Å²) in [7, 11) is 0. The van der Waals surface area contributed by atoms with E-state index in [0.29, 0.717) is 66.1 Å². The van der Waals surface area contributed by atoms with E-state index in [4.69, 9.17) is 23.7 Å². The molecule has 1 aliphatic heterocycles. The molecule has 1 fully saturated rings. The number of hydrogen-bond acceptors (Lipinski definition) is 6. The fourth-order valence-electron chi connectivity index (χ4n) is 2.78. The third kappa shape index (κ3) is 10.8. The average molecular weight is 382 g/mol. The molecule has 27 heavy (non-hydrogen) atoms. The van der Waals surface area contributed by atoms with Gasteiger partial charge in [0.15, 0.2) is 0 Å². The standard InChI is InChI=1S/C21H35NO5/c1-2-20-3-5-21(6-4-20)19-22-7-9-23-11-13-25-15-17-27-18-16-26-14-12-24-10-8-22/h3-6H,2,7-19H2,1H3. The van der Waals surface area contributed by atoms with Crippen LogP contribution in [0.15, 0.2) is 24.3 Å². The first-order valence-electron chi connectivity index (χ1n) is 10.1. The third-order valence-corrected chi connectivity index (χ3v) is 4.43. The summed E-state index contributed by atoms with van der Waals surface area (Å²) in [4.78, 5) is 2.37. The summed E-state index contributed by atoms with van der Waals surface area (Å²) in [5, 5.41) is 0. The Kier molecular flexibility index (Phi) is 12.3. The molecule has 0 spiro atoms. The molecule has 0 N–H and O–H groups in total. The van der Waals surface area contributed by atoms with Crippen LogP contribution in [0.25, 0.3) is 0 Å². The first-order valence-corrected chi connectivity index (χ1v) is 10.1. The largest absolute Gasteiger partial charge is 0.378 e. The van der Waals surface area contributed by atoms with Crippen molar-refractivity contribution in [1.82, 2.24) is 4.90 Å². The molecule has 6 heteroatoms. The van der Waals surface area contributed by atoms with Crippen LogP contribution in [0.4, 0.5) is 0 Å². The van der Waals surface area contributed by atoms with Crippen LogP contribution in [0.1, 0.15) is 18.1 Å². The Hall–Kier alpha value is -1.02. The SMILES string of the molecule is CCc1ccc(CN2CCOCCOCCOCCOCCOCC2)cc1. The zero-order valence-electron chi connectivity index (χ0n) is 16.7. The van der Waals surface area contributed by atoms with Crippen molar-refractivity contribution in [3.05, 3.63) is 35.4 Å². The van der Waals surface area contributed by atoms with Crippen LogP contribution < -0.4 is 0 Å². The zero-order chi connectivity index (χ0) is 19.0. The van der Waals surface area contributed by atoms with E-state index < -0.39 is 0 Å². The number of rotatable bonds is 3. The Bertz CT molecular complexity index is 450. The fourth-order valence-corrected chi connectivity index (χ4v) is 2.78. The van der Waals surface area contributed by atoms with Crippen LogP contribution in [0, 0.1) is 0 Å². The van der Waals surface area contributed by atoms with Crippen molar-refractivity contribution in [3.63, 3.8) is 0 Å². The van der Waals surface area contributed by atoms with E-state index in [1.54, 1.807) is 0 Å². The molecule has 1 heterocycles. The van der Waals surface area contributed by atoms with Crippen molar-refractivity contribution in [2.24, 2.45) is 0 Å². The van der Waals surface area contributed by atoms with E-state index >= 15 is 0 Å². The molecule has 0 aromatic heterocycles. The van der Waals surface area contributed by atoms with Gasteiger partial charge in [0.2, 0.25) is 0 Å². The van der Waals surface area contributed by atoms with Crippen LogP contribution in [0.2, 0.25) is 0 Å². The first-order chi connectivity index (χ1) is 13.4. The zero-order valence-corrected chi connectivity index (χ0v) is 16.7. The van der Waals surface area contributed by atoms with Crippen LogP contribution in [-0.4, -0.2) is 84.1 Å². The van der Waals surface area contributed by atoms with Crippen molar-refractivity contribution in [2.45, 2.75) is 19.9 Å². The summed E-state index contributed by atoms with van der Waals surface area (Å²) < 4.78 is 27.9. The van der Waals surface area contributed by atoms with Crippen molar-refractivity contribution in [2.75, 3.05) is 79.2 Å². The second kappa shape index (κ2) is 15.0. The monoisotopic (exact) mass is 381 g/mol. The van der Waals surface area contributed by atoms with Gasteiger partial charge in [0.1, 0.15) is 0 Å². The summed E-state index contributed by atoms with van der Waals surface area (Å²) in [5.74, 6) is 0. The van der Waals surface area contributed by atoms with Gasteiger partial charge in [0.05, 0.1) is 66.1 Å². The average Bonchev–Trinajstić information content (AvgIpc) is 2.70. The highest BCUT2D eigenvalue weighted by atomic mass is 16.6. The van der Waals surface area contributed by atoms with Crippen LogP contribution in [-0.2, 0) is 36.6 Å². The number of benzene rings is 1. The van der Waals surface area contributed by atoms with Crippen molar-refractivity contribution < 1.29 is 23.7 Å². The normalized spacial score (nSPS) is 20.6. The molecule has 0 aliphatic carbocycles. The van der Waals surface area contributed by atoms with E-state index in [1.165, 1.54) is 11.1 Å². The molecule has 154 valence electrons. The van der Waals surface area contributed by atoms with Crippen molar-refractivity contribution in [3.8, 4) is 0 Å². The minimum absolute atomic E-state index is 0.588. The van der Waals surface area contributed by atoms with Gasteiger partial charge in [-0.2, -0.15) is 0 Å². The third-order valence-electron chi connectivity index (χ3n) is 4.43. The molecular weight excluding hydrogens is 346 g/mol. The highest BCUT2D eigenvalue weighted by Gasteiger charge is 2.07. The first kappa shape index (κ1) is 22.3. The predicted molar refractivity (Wildman–Crippen MR) is 105 cm³/mol. The molecule has 1 saturated heterocycles. The van der Waals surface area contributed by atoms with Crippen LogP contribution >= 0.6 is 0 Å². The van der Waals surface area contributed by atoms with Gasteiger partial charge in [-0.1, -0.05) is 31.2 Å². The van der Waals surface area contributed by atoms with Gasteiger partial charge in [-0.15, -0.1) is 0 Å². The highest BCUT2D eigenvalue weighted by Crippen LogP contribution is 2.08. The van der Waals surface area contributed by atoms with Gasteiger partial charge in [-0.3, -0.25) is 4.90 Å². The quantitative estimate of drug-likeness (QED) is 0.800. The van der Waals surface area contributed by atoms with Gasteiger partial charge in [0.25, 0.3) is 0 Å². The second-order valence-corrected chi connectivity index (χ2v) is 6.51. The lowest BCUT2D eigenvalue weighted by Crippen LogP contribution is -2.31. The van der Waals surface area contributed by atoms with Crippen LogP contribution in [0.5, 0.6) is 0 Å². The van der Waals surface area contributed by atoms with Gasteiger partial charge in [0, 0.05) is 19.6 Å². The molecule has 0 radical (unpaired) electrons. The highest BCUT2D eigenvalue weighted by molar-refractivity contribution is 5.22. The smallest absolute Gasteiger partial charge is 0.0701 e. The number of ether oxygens (including phenoxy) is 5. The summed E-state index contributed by atoms with van der Waals surface area (Å²) in [6.45, 7) is 11.0. The number of nitrogens with zero attached hydrogens (tertiary/aromatic N) is 1. The molecule has 6 nitrogen and oxygen atoms in total. The molecule has 1 aliphatic rings. The van der Waals surface area contributed by atoms with Gasteiger partial charge in [-0.25, -0.2) is 0 Å². The Morgan fingerprint density at radius 1 is 0.593 bits per heavy atom. The van der Waals surface area contributed by atoms with E-state index in [1.807, 2.05) is 0 Å². The topological polar surface area (TPSA) is 49.4 Å². The van der Waals surface area contributed by atoms with Crippen molar-refractivity contribution >= 4 is 0 Å². The Morgan fingerprint density at radius 2 is 0.963 bits per heavy atom. The molecule has 0 amide bonds. The Balaban J connectivity index is 1.77. The molecule has 1 aromatic carbocycles. The maximum Gasteiger partial charge on any atom is 0.0701 e. The molecule has 0 atom stereocenters. The molecule has 2 rings (SSSR count). The summed E-state index contributed by atoms with van der Waals surface area (Å²) in [6, 6.07) is 8.86. The van der Waals surface area contributed by atoms with Gasteiger partial charge in [-0.05, 0) is 17.5 Å². The minimum Gasteiger partial charge on any atom is -0.378 e. The molecule has 1 aromatic rings. The van der Waals surface area contributed by atoms with E-state index in [0.717, 1.165) is 26.1 Å². The Labute approximate surface area is 163 Å². The van der Waals surface area contributed by atoms with E-state index in [2.05, 4.69) is 36.1 Å². The number of hydrogen-bond donors (Lipinski definition) is 0. The predicted octanol–water partition coefficient (Wildman–Crippen LogP) is 2.15. The molecule has 0 unspecified atom stereocenters. The minimum atomic E-state index is 0.588. The number of aryl methyl sites for hydroxylation is 1. The van der Waals surface area contributed by atoms with E-state index in [9.17, 15) is 0 Å². The maximum atomic E-state index is 5.72. The lowest BCUT2D eigenvalue weighted by atomic mass is 10.1. The fraction of sp³-hybridized carbons (Fsp3) is 0.714. The van der Waals surface area contributed by atoms with Gasteiger partial charge < -0.3 is 23.7 Å². The second-order valence-electron chi connectivity index (χ2n) is 6.51. The van der Waals surface area contributed by atoms with Crippen molar-refractivity contribution in [1.29, 1.82) is 0 Å². The summed E-state index contributed by atoms with van der Waals surface area (Å²) in [6.07, 6.45) is 1.07. The van der Waals surface area contributed by atoms with Crippen LogP contribution in [0.3, 0.4) is 0 Å². The Morgan fingerprint density at radius 3 is 1.37 bits per heavy atom. The van der Waals surface area contributed by atoms with Gasteiger partial charge >= 0.3 is 0 Å². The summed E-state index contributed by atoms with van der Waals surface area (Å²) in [5.41, 5.74) is 2.69. The lowest BCUT2D eigenvalue weighted by Gasteiger charge is -2.22. The van der Waals surface area contributed by atoms with E-state index in [-0.39, 0.29) is 0 Å². The molecular formula is C21H35NO5. The maximum absolute atomic E-state index is 5.72. The molecule has 0 bridgehead atoms. The lowest BCUT2D eigenvalue weighted by molar-refractivity contribution is -0.0189.